The van der Waals surface area contributed by atoms with Crippen molar-refractivity contribution in [2.24, 2.45) is 0 Å². The van der Waals surface area contributed by atoms with Gasteiger partial charge in [0.25, 0.3) is 0 Å². The average molecular weight is 303 g/mol. The summed E-state index contributed by atoms with van der Waals surface area (Å²) >= 11 is 0. The van der Waals surface area contributed by atoms with E-state index in [-0.39, 0.29) is 23.1 Å². The minimum absolute atomic E-state index is 0.0546. The highest BCUT2D eigenvalue weighted by Crippen LogP contribution is 2.28. The van der Waals surface area contributed by atoms with Gasteiger partial charge in [-0.2, -0.15) is 0 Å². The zero-order valence-corrected chi connectivity index (χ0v) is 12.3. The van der Waals surface area contributed by atoms with Gasteiger partial charge in [-0.1, -0.05) is 19.1 Å². The van der Waals surface area contributed by atoms with Crippen LogP contribution in [0.5, 0.6) is 0 Å². The Morgan fingerprint density at radius 3 is 2.55 bits per heavy atom. The van der Waals surface area contributed by atoms with Gasteiger partial charge in [-0.15, -0.1) is 5.10 Å². The molecule has 0 aliphatic carbocycles. The van der Waals surface area contributed by atoms with E-state index in [0.717, 1.165) is 0 Å². The highest BCUT2D eigenvalue weighted by atomic mass is 32.2. The van der Waals surface area contributed by atoms with E-state index < -0.39 is 28.0 Å². The lowest BCUT2D eigenvalue weighted by Crippen LogP contribution is -2.25. The third-order valence-corrected chi connectivity index (χ3v) is 4.96. The number of nitrogens with zero attached hydrogens (tertiary/aromatic N) is 3. The fourth-order valence-electron chi connectivity index (χ4n) is 2.37. The normalized spacial score (nSPS) is 25.1. The van der Waals surface area contributed by atoms with Crippen molar-refractivity contribution in [2.75, 3.05) is 18.6 Å². The minimum Gasteiger partial charge on any atom is -0.464 e. The molecule has 1 aromatic rings. The molecule has 0 spiro atoms. The second-order valence-electron chi connectivity index (χ2n) is 5.13. The zero-order valence-electron chi connectivity index (χ0n) is 11.5. The molecule has 1 aliphatic heterocycles. The summed E-state index contributed by atoms with van der Waals surface area (Å²) in [5.41, 5.74) is 0.525. The van der Waals surface area contributed by atoms with Crippen LogP contribution in [0.15, 0.2) is 0 Å². The number of aromatic nitrogens is 3. The number of hydrogen-bond donors (Lipinski definition) is 1. The molecular weight excluding hydrogens is 286 g/mol. The molecular formula is C11H17N3O5S. The zero-order chi connectivity index (χ0) is 15.1. The maximum absolute atomic E-state index is 11.7. The second kappa shape index (κ2) is 5.13. The Kier molecular flexibility index (Phi) is 3.83. The molecule has 2 rings (SSSR count). The number of esters is 1. The molecule has 1 aromatic heterocycles. The lowest BCUT2D eigenvalue weighted by Gasteiger charge is -2.17. The number of aliphatic hydroxyl groups excluding tert-OH is 1. The van der Waals surface area contributed by atoms with Crippen LogP contribution in [0.25, 0.3) is 0 Å². The predicted octanol–water partition coefficient (Wildman–Crippen LogP) is -0.481. The third-order valence-electron chi connectivity index (χ3n) is 3.26. The van der Waals surface area contributed by atoms with Gasteiger partial charge >= 0.3 is 5.97 Å². The second-order valence-corrected chi connectivity index (χ2v) is 7.28. The summed E-state index contributed by atoms with van der Waals surface area (Å²) in [6.45, 7) is 3.66. The average Bonchev–Trinajstić information content (AvgIpc) is 2.88. The van der Waals surface area contributed by atoms with Gasteiger partial charge in [-0.05, 0) is 5.92 Å². The van der Waals surface area contributed by atoms with Gasteiger partial charge in [-0.3, -0.25) is 0 Å². The number of rotatable bonds is 3. The number of carbonyl (C=O) groups excluding carboxylic acids is 1. The monoisotopic (exact) mass is 303 g/mol. The lowest BCUT2D eigenvalue weighted by atomic mass is 10.1. The summed E-state index contributed by atoms with van der Waals surface area (Å²) in [6.07, 6.45) is -1.05. The molecule has 1 aliphatic rings. The molecule has 112 valence electrons. The molecule has 1 N–H and O–H groups in total. The number of aliphatic hydroxyl groups is 1. The molecule has 0 radical (unpaired) electrons. The van der Waals surface area contributed by atoms with Gasteiger partial charge in [0.15, 0.2) is 15.5 Å². The van der Waals surface area contributed by atoms with Crippen LogP contribution in [-0.2, 0) is 14.6 Å². The summed E-state index contributed by atoms with van der Waals surface area (Å²) in [5.74, 6) is -1.26. The summed E-state index contributed by atoms with van der Waals surface area (Å²) in [6, 6.07) is -0.719. The molecule has 8 nitrogen and oxygen atoms in total. The van der Waals surface area contributed by atoms with Gasteiger partial charge in [0.05, 0.1) is 36.5 Å². The van der Waals surface area contributed by atoms with E-state index in [4.69, 9.17) is 0 Å². The van der Waals surface area contributed by atoms with E-state index in [2.05, 4.69) is 15.0 Å². The minimum atomic E-state index is -3.31. The number of carbonyl (C=O) groups is 1. The van der Waals surface area contributed by atoms with Crippen LogP contribution in [0, 0.1) is 0 Å². The Morgan fingerprint density at radius 1 is 1.45 bits per heavy atom. The van der Waals surface area contributed by atoms with Crippen molar-refractivity contribution in [1.29, 1.82) is 0 Å². The predicted molar refractivity (Wildman–Crippen MR) is 69.1 cm³/mol. The Hall–Kier alpha value is -1.48. The molecule has 1 saturated heterocycles. The summed E-state index contributed by atoms with van der Waals surface area (Å²) in [5, 5.41) is 17.5. The van der Waals surface area contributed by atoms with E-state index in [0.29, 0.717) is 5.69 Å². The summed E-state index contributed by atoms with van der Waals surface area (Å²) in [4.78, 5) is 11.7. The van der Waals surface area contributed by atoms with Gasteiger partial charge in [-0.25, -0.2) is 17.9 Å². The van der Waals surface area contributed by atoms with Crippen molar-refractivity contribution in [1.82, 2.24) is 15.0 Å². The van der Waals surface area contributed by atoms with Crippen LogP contribution in [0.4, 0.5) is 0 Å². The van der Waals surface area contributed by atoms with Crippen LogP contribution >= 0.6 is 0 Å². The Morgan fingerprint density at radius 2 is 2.10 bits per heavy atom. The van der Waals surface area contributed by atoms with E-state index >= 15 is 0 Å². The molecule has 1 fully saturated rings. The molecule has 2 unspecified atom stereocenters. The van der Waals surface area contributed by atoms with Gasteiger partial charge in [0.1, 0.15) is 0 Å². The number of sulfone groups is 1. The fourth-order valence-corrected chi connectivity index (χ4v) is 4.13. The topological polar surface area (TPSA) is 111 Å². The Balaban J connectivity index is 2.48. The molecule has 20 heavy (non-hydrogen) atoms. The van der Waals surface area contributed by atoms with Gasteiger partial charge in [0, 0.05) is 0 Å². The first-order valence-electron chi connectivity index (χ1n) is 6.18. The van der Waals surface area contributed by atoms with Crippen molar-refractivity contribution in [2.45, 2.75) is 31.9 Å². The van der Waals surface area contributed by atoms with Crippen LogP contribution in [0.1, 0.15) is 42.0 Å². The van der Waals surface area contributed by atoms with Crippen molar-refractivity contribution >= 4 is 15.8 Å². The first-order valence-corrected chi connectivity index (χ1v) is 8.01. The SMILES string of the molecule is COC(=O)c1nnn(C2CS(=O)(=O)CC2O)c1C(C)C. The van der Waals surface area contributed by atoms with Crippen LogP contribution < -0.4 is 0 Å². The largest absolute Gasteiger partial charge is 0.464 e. The van der Waals surface area contributed by atoms with E-state index in [1.807, 2.05) is 13.8 Å². The molecule has 0 saturated carbocycles. The van der Waals surface area contributed by atoms with Crippen molar-refractivity contribution in [3.63, 3.8) is 0 Å². The quantitative estimate of drug-likeness (QED) is 0.750. The van der Waals surface area contributed by atoms with E-state index in [1.165, 1.54) is 11.8 Å². The Labute approximate surface area is 116 Å². The van der Waals surface area contributed by atoms with Crippen molar-refractivity contribution < 1.29 is 23.1 Å². The Bertz CT molecular complexity index is 622. The van der Waals surface area contributed by atoms with Crippen molar-refractivity contribution in [3.8, 4) is 0 Å². The molecule has 0 bridgehead atoms. The number of ether oxygens (including phenoxy) is 1. The fraction of sp³-hybridized carbons (Fsp3) is 0.727. The molecule has 2 atom stereocenters. The molecule has 2 heterocycles. The molecule has 9 heteroatoms. The molecule has 0 amide bonds. The maximum Gasteiger partial charge on any atom is 0.360 e. The first-order chi connectivity index (χ1) is 9.26. The van der Waals surface area contributed by atoms with E-state index in [9.17, 15) is 18.3 Å². The van der Waals surface area contributed by atoms with Crippen LogP contribution in [0.2, 0.25) is 0 Å². The smallest absolute Gasteiger partial charge is 0.360 e. The maximum atomic E-state index is 11.7. The highest BCUT2D eigenvalue weighted by Gasteiger charge is 2.40. The van der Waals surface area contributed by atoms with Crippen molar-refractivity contribution in [3.05, 3.63) is 11.4 Å². The lowest BCUT2D eigenvalue weighted by molar-refractivity contribution is 0.0591. The standard InChI is InChI=1S/C11H17N3O5S/c1-6(2)10-9(11(16)19-3)12-13-14(10)7-4-20(17,18)5-8(7)15/h6-8,15H,4-5H2,1-3H3. The van der Waals surface area contributed by atoms with Gasteiger partial charge < -0.3 is 9.84 Å². The first kappa shape index (κ1) is 14.9. The number of methoxy groups -OCH3 is 1. The van der Waals surface area contributed by atoms with Gasteiger partial charge in [0.2, 0.25) is 0 Å². The van der Waals surface area contributed by atoms with E-state index in [1.54, 1.807) is 0 Å². The molecule has 0 aromatic carbocycles. The number of hydrogen-bond acceptors (Lipinski definition) is 7. The summed E-state index contributed by atoms with van der Waals surface area (Å²) in [7, 11) is -2.07. The third kappa shape index (κ3) is 2.55. The van der Waals surface area contributed by atoms with Crippen LogP contribution in [-0.4, -0.2) is 59.2 Å². The van der Waals surface area contributed by atoms with Crippen LogP contribution in [0.3, 0.4) is 0 Å². The summed E-state index contributed by atoms with van der Waals surface area (Å²) < 4.78 is 29.2. The highest BCUT2D eigenvalue weighted by molar-refractivity contribution is 7.91.